The van der Waals surface area contributed by atoms with Crippen LogP contribution >= 0.6 is 11.3 Å². The quantitative estimate of drug-likeness (QED) is 0.891. The van der Waals surface area contributed by atoms with E-state index in [0.29, 0.717) is 13.0 Å². The average molecular weight is 264 g/mol. The summed E-state index contributed by atoms with van der Waals surface area (Å²) in [4.78, 5) is 20.0. The monoisotopic (exact) mass is 264 g/mol. The number of imidazole rings is 1. The number of hydrogen-bond donors (Lipinski definition) is 1. The number of hydrogen-bond acceptors (Lipinski definition) is 4. The Balaban J connectivity index is 1.78. The van der Waals surface area contributed by atoms with Crippen molar-refractivity contribution in [3.05, 3.63) is 34.8 Å². The Hall–Kier alpha value is -1.69. The van der Waals surface area contributed by atoms with Crippen LogP contribution in [0.1, 0.15) is 23.7 Å². The van der Waals surface area contributed by atoms with Crippen LogP contribution in [0.4, 0.5) is 0 Å². The van der Waals surface area contributed by atoms with E-state index in [1.54, 1.807) is 23.9 Å². The van der Waals surface area contributed by atoms with E-state index >= 15 is 0 Å². The summed E-state index contributed by atoms with van der Waals surface area (Å²) in [5.41, 5.74) is 0.838. The molecule has 1 amide bonds. The Morgan fingerprint density at radius 2 is 2.44 bits per heavy atom. The van der Waals surface area contributed by atoms with Crippen LogP contribution in [-0.4, -0.2) is 27.0 Å². The molecule has 0 saturated carbocycles. The highest BCUT2D eigenvalue weighted by Gasteiger charge is 2.08. The van der Waals surface area contributed by atoms with Crippen molar-refractivity contribution in [2.45, 2.75) is 26.3 Å². The Kier molecular flexibility index (Phi) is 4.09. The van der Waals surface area contributed by atoms with E-state index in [2.05, 4.69) is 15.3 Å². The normalized spacial score (nSPS) is 12.3. The molecule has 5 nitrogen and oxygen atoms in total. The van der Waals surface area contributed by atoms with Gasteiger partial charge < -0.3 is 9.88 Å². The number of nitrogens with one attached hydrogen (secondary N) is 1. The number of carbonyl (C=O) groups is 1. The van der Waals surface area contributed by atoms with Crippen molar-refractivity contribution in [2.75, 3.05) is 6.54 Å². The topological polar surface area (TPSA) is 59.8 Å². The van der Waals surface area contributed by atoms with Gasteiger partial charge in [0.25, 0.3) is 0 Å². The number of carbonyl (C=O) groups excluding carboxylic acids is 1. The number of aromatic nitrogens is 3. The highest BCUT2D eigenvalue weighted by Crippen LogP contribution is 2.08. The van der Waals surface area contributed by atoms with Gasteiger partial charge in [-0.2, -0.15) is 0 Å². The molecule has 0 spiro atoms. The van der Waals surface area contributed by atoms with Crippen molar-refractivity contribution in [1.29, 1.82) is 0 Å². The molecule has 0 bridgehead atoms. The van der Waals surface area contributed by atoms with Gasteiger partial charge in [0.2, 0.25) is 5.91 Å². The molecule has 96 valence electrons. The van der Waals surface area contributed by atoms with Gasteiger partial charge >= 0.3 is 0 Å². The summed E-state index contributed by atoms with van der Waals surface area (Å²) in [6, 6.07) is 0.202. The molecule has 2 rings (SSSR count). The molecule has 1 atom stereocenters. The minimum atomic E-state index is 0.00673. The van der Waals surface area contributed by atoms with E-state index < -0.39 is 0 Å². The molecule has 2 aromatic rings. The predicted molar refractivity (Wildman–Crippen MR) is 70.5 cm³/mol. The minimum Gasteiger partial charge on any atom is -0.354 e. The van der Waals surface area contributed by atoms with Crippen LogP contribution in [0.15, 0.2) is 24.1 Å². The van der Waals surface area contributed by atoms with Crippen molar-refractivity contribution in [1.82, 2.24) is 19.9 Å². The summed E-state index contributed by atoms with van der Waals surface area (Å²) < 4.78 is 1.97. The Bertz CT molecular complexity index is 506. The molecule has 2 heterocycles. The van der Waals surface area contributed by atoms with Crippen LogP contribution < -0.4 is 5.32 Å². The third-order valence-electron chi connectivity index (χ3n) is 2.64. The molecule has 0 unspecified atom stereocenters. The molecule has 0 aliphatic rings. The lowest BCUT2D eigenvalue weighted by molar-refractivity contribution is -0.120. The maximum Gasteiger partial charge on any atom is 0.226 e. The summed E-state index contributed by atoms with van der Waals surface area (Å²) in [6.45, 7) is 4.57. The van der Waals surface area contributed by atoms with Crippen molar-refractivity contribution < 1.29 is 4.79 Å². The number of aryl methyl sites for hydroxylation is 1. The van der Waals surface area contributed by atoms with Crippen molar-refractivity contribution in [3.63, 3.8) is 0 Å². The van der Waals surface area contributed by atoms with Crippen molar-refractivity contribution in [3.8, 4) is 0 Å². The summed E-state index contributed by atoms with van der Waals surface area (Å²) in [6.07, 6.45) is 5.72. The van der Waals surface area contributed by atoms with Gasteiger partial charge in [0.15, 0.2) is 0 Å². The number of rotatable bonds is 5. The lowest BCUT2D eigenvalue weighted by Crippen LogP contribution is -2.30. The van der Waals surface area contributed by atoms with Gasteiger partial charge in [0.05, 0.1) is 23.4 Å². The largest absolute Gasteiger partial charge is 0.354 e. The Morgan fingerprint density at radius 1 is 1.61 bits per heavy atom. The molecule has 2 aromatic heterocycles. The molecule has 0 saturated heterocycles. The zero-order valence-electron chi connectivity index (χ0n) is 10.5. The standard InChI is InChI=1S/C12H16N4OS/c1-9(16-4-3-13-8-16)6-14-12(17)5-11-7-18-10(2)15-11/h3-4,7-9H,5-6H2,1-2H3,(H,14,17)/t9-/m1/s1. The molecule has 0 fully saturated rings. The second-order valence-electron chi connectivity index (χ2n) is 4.20. The summed E-state index contributed by atoms with van der Waals surface area (Å²) in [5, 5.41) is 5.82. The van der Waals surface area contributed by atoms with Crippen LogP contribution in [0, 0.1) is 6.92 Å². The molecule has 0 aliphatic heterocycles. The molecule has 18 heavy (non-hydrogen) atoms. The van der Waals surface area contributed by atoms with Crippen LogP contribution in [0.2, 0.25) is 0 Å². The minimum absolute atomic E-state index is 0.00673. The van der Waals surface area contributed by atoms with E-state index in [9.17, 15) is 4.79 Å². The summed E-state index contributed by atoms with van der Waals surface area (Å²) in [5.74, 6) is 0.00673. The first-order valence-electron chi connectivity index (χ1n) is 5.80. The van der Waals surface area contributed by atoms with Gasteiger partial charge in [0.1, 0.15) is 0 Å². The lowest BCUT2D eigenvalue weighted by Gasteiger charge is -2.13. The smallest absolute Gasteiger partial charge is 0.226 e. The Morgan fingerprint density at radius 3 is 3.06 bits per heavy atom. The zero-order chi connectivity index (χ0) is 13.0. The van der Waals surface area contributed by atoms with Gasteiger partial charge in [0, 0.05) is 30.4 Å². The van der Waals surface area contributed by atoms with Crippen LogP contribution in [0.25, 0.3) is 0 Å². The van der Waals surface area contributed by atoms with Crippen LogP contribution in [0.5, 0.6) is 0 Å². The fourth-order valence-corrected chi connectivity index (χ4v) is 2.23. The fourth-order valence-electron chi connectivity index (χ4n) is 1.61. The van der Waals surface area contributed by atoms with E-state index in [-0.39, 0.29) is 11.9 Å². The van der Waals surface area contributed by atoms with Crippen molar-refractivity contribution >= 4 is 17.2 Å². The van der Waals surface area contributed by atoms with Gasteiger partial charge in [-0.25, -0.2) is 9.97 Å². The highest BCUT2D eigenvalue weighted by molar-refractivity contribution is 7.09. The van der Waals surface area contributed by atoms with E-state index in [1.807, 2.05) is 30.0 Å². The fraction of sp³-hybridized carbons (Fsp3) is 0.417. The third kappa shape index (κ3) is 3.40. The molecular formula is C12H16N4OS. The highest BCUT2D eigenvalue weighted by atomic mass is 32.1. The second kappa shape index (κ2) is 5.77. The predicted octanol–water partition coefficient (Wildman–Crippen LogP) is 1.57. The SMILES string of the molecule is Cc1nc(CC(=O)NC[C@@H](C)n2ccnc2)cs1. The molecule has 6 heteroatoms. The van der Waals surface area contributed by atoms with E-state index in [4.69, 9.17) is 0 Å². The molecular weight excluding hydrogens is 248 g/mol. The number of thiazole rings is 1. The first kappa shape index (κ1) is 12.8. The molecule has 0 radical (unpaired) electrons. The molecule has 0 aliphatic carbocycles. The van der Waals surface area contributed by atoms with Gasteiger partial charge in [-0.1, -0.05) is 0 Å². The van der Waals surface area contributed by atoms with Gasteiger partial charge in [-0.05, 0) is 13.8 Å². The average Bonchev–Trinajstić information content (AvgIpc) is 2.97. The van der Waals surface area contributed by atoms with Crippen LogP contribution in [-0.2, 0) is 11.2 Å². The number of nitrogens with zero attached hydrogens (tertiary/aromatic N) is 3. The van der Waals surface area contributed by atoms with Gasteiger partial charge in [-0.3, -0.25) is 4.79 Å². The number of amides is 1. The lowest BCUT2D eigenvalue weighted by atomic mass is 10.3. The summed E-state index contributed by atoms with van der Waals surface area (Å²) in [7, 11) is 0. The van der Waals surface area contributed by atoms with Crippen molar-refractivity contribution in [2.24, 2.45) is 0 Å². The Labute approximate surface area is 110 Å². The first-order chi connectivity index (χ1) is 8.65. The van der Waals surface area contributed by atoms with E-state index in [1.165, 1.54) is 0 Å². The zero-order valence-corrected chi connectivity index (χ0v) is 11.3. The van der Waals surface area contributed by atoms with Gasteiger partial charge in [-0.15, -0.1) is 11.3 Å². The van der Waals surface area contributed by atoms with Crippen LogP contribution in [0.3, 0.4) is 0 Å². The maximum atomic E-state index is 11.7. The molecule has 1 N–H and O–H groups in total. The first-order valence-corrected chi connectivity index (χ1v) is 6.68. The third-order valence-corrected chi connectivity index (χ3v) is 3.46. The second-order valence-corrected chi connectivity index (χ2v) is 5.26. The summed E-state index contributed by atoms with van der Waals surface area (Å²) >= 11 is 1.57. The molecule has 0 aromatic carbocycles. The maximum absolute atomic E-state index is 11.7. The van der Waals surface area contributed by atoms with E-state index in [0.717, 1.165) is 10.7 Å².